The molecule has 1 aromatic rings. The number of rotatable bonds is 3. The molecule has 1 fully saturated rings. The molecule has 0 aliphatic carbocycles. The quantitative estimate of drug-likeness (QED) is 0.690. The number of likely N-dealkylation sites (N-methyl/N-ethyl adjacent to an activating group) is 1. The SMILES string of the molecule is CN1CCNC(CNc2nnns2)C1. The largest absolute Gasteiger partial charge is 0.357 e. The number of nitrogens with zero attached hydrogens (tertiary/aromatic N) is 4. The van der Waals surface area contributed by atoms with Gasteiger partial charge in [-0.3, -0.25) is 0 Å². The van der Waals surface area contributed by atoms with E-state index in [1.807, 2.05) is 0 Å². The van der Waals surface area contributed by atoms with Crippen molar-refractivity contribution < 1.29 is 0 Å². The Balaban J connectivity index is 1.75. The van der Waals surface area contributed by atoms with Crippen LogP contribution in [0.2, 0.25) is 0 Å². The van der Waals surface area contributed by atoms with E-state index in [1.165, 1.54) is 11.5 Å². The number of aromatic nitrogens is 3. The zero-order valence-electron chi connectivity index (χ0n) is 8.10. The molecular weight excluding hydrogens is 200 g/mol. The lowest BCUT2D eigenvalue weighted by Crippen LogP contribution is -2.51. The van der Waals surface area contributed by atoms with E-state index < -0.39 is 0 Å². The molecule has 0 radical (unpaired) electrons. The maximum atomic E-state index is 3.82. The van der Waals surface area contributed by atoms with Crippen LogP contribution in [0.3, 0.4) is 0 Å². The third-order valence-electron chi connectivity index (χ3n) is 2.26. The van der Waals surface area contributed by atoms with Crippen LogP contribution in [-0.2, 0) is 0 Å². The van der Waals surface area contributed by atoms with Gasteiger partial charge >= 0.3 is 0 Å². The summed E-state index contributed by atoms with van der Waals surface area (Å²) < 4.78 is 3.69. The monoisotopic (exact) mass is 214 g/mol. The smallest absolute Gasteiger partial charge is 0.225 e. The van der Waals surface area contributed by atoms with Crippen LogP contribution in [0.4, 0.5) is 5.13 Å². The van der Waals surface area contributed by atoms with Gasteiger partial charge in [0.15, 0.2) is 0 Å². The van der Waals surface area contributed by atoms with Crippen LogP contribution in [0.25, 0.3) is 0 Å². The molecule has 1 aliphatic rings. The molecule has 7 heteroatoms. The summed E-state index contributed by atoms with van der Waals surface area (Å²) in [4.78, 5) is 2.32. The second-order valence-corrected chi connectivity index (χ2v) is 4.19. The predicted molar refractivity (Wildman–Crippen MR) is 55.5 cm³/mol. The minimum atomic E-state index is 0.484. The van der Waals surface area contributed by atoms with Crippen molar-refractivity contribution >= 4 is 16.7 Å². The van der Waals surface area contributed by atoms with Gasteiger partial charge in [0.25, 0.3) is 0 Å². The summed E-state index contributed by atoms with van der Waals surface area (Å²) >= 11 is 1.29. The Morgan fingerprint density at radius 1 is 1.71 bits per heavy atom. The highest BCUT2D eigenvalue weighted by molar-refractivity contribution is 7.09. The summed E-state index contributed by atoms with van der Waals surface area (Å²) in [7, 11) is 2.14. The zero-order chi connectivity index (χ0) is 9.80. The van der Waals surface area contributed by atoms with E-state index in [9.17, 15) is 0 Å². The summed E-state index contributed by atoms with van der Waals surface area (Å²) in [5, 5.41) is 14.8. The van der Waals surface area contributed by atoms with Crippen LogP contribution in [0, 0.1) is 0 Å². The molecule has 0 bridgehead atoms. The van der Waals surface area contributed by atoms with Crippen molar-refractivity contribution in [2.75, 3.05) is 38.5 Å². The van der Waals surface area contributed by atoms with E-state index in [0.717, 1.165) is 31.3 Å². The standard InChI is InChI=1S/C7H14N6S/c1-13-3-2-8-6(5-13)4-9-7-10-11-12-14-7/h6,8H,2-5H2,1H3,(H,9,10,12). The summed E-state index contributed by atoms with van der Waals surface area (Å²) in [5.41, 5.74) is 0. The third kappa shape index (κ3) is 2.60. The first-order valence-electron chi connectivity index (χ1n) is 4.65. The fourth-order valence-electron chi connectivity index (χ4n) is 1.54. The highest BCUT2D eigenvalue weighted by atomic mass is 32.1. The Hall–Kier alpha value is -0.790. The molecule has 1 aromatic heterocycles. The molecule has 0 saturated carbocycles. The summed E-state index contributed by atoms with van der Waals surface area (Å²) in [6, 6.07) is 0.484. The third-order valence-corrected chi connectivity index (χ3v) is 2.81. The van der Waals surface area contributed by atoms with Gasteiger partial charge in [-0.15, -0.1) is 0 Å². The zero-order valence-corrected chi connectivity index (χ0v) is 8.92. The van der Waals surface area contributed by atoms with Crippen LogP contribution < -0.4 is 10.6 Å². The van der Waals surface area contributed by atoms with Crippen LogP contribution in [0.15, 0.2) is 0 Å². The van der Waals surface area contributed by atoms with Gasteiger partial charge in [0.1, 0.15) is 0 Å². The molecule has 14 heavy (non-hydrogen) atoms. The van der Waals surface area contributed by atoms with Crippen molar-refractivity contribution in [2.24, 2.45) is 0 Å². The van der Waals surface area contributed by atoms with Gasteiger partial charge in [0.2, 0.25) is 5.13 Å². The Kier molecular flexibility index (Phi) is 3.22. The second kappa shape index (κ2) is 4.63. The van der Waals surface area contributed by atoms with E-state index in [4.69, 9.17) is 0 Å². The number of hydrogen-bond acceptors (Lipinski definition) is 7. The molecule has 2 N–H and O–H groups in total. The topological polar surface area (TPSA) is 66.0 Å². The maximum absolute atomic E-state index is 3.82. The van der Waals surface area contributed by atoms with Gasteiger partial charge in [-0.05, 0) is 12.3 Å². The molecule has 1 unspecified atom stereocenters. The first kappa shape index (κ1) is 9.75. The molecule has 6 nitrogen and oxygen atoms in total. The second-order valence-electron chi connectivity index (χ2n) is 3.46. The van der Waals surface area contributed by atoms with Crippen molar-refractivity contribution in [2.45, 2.75) is 6.04 Å². The fourth-order valence-corrected chi connectivity index (χ4v) is 1.91. The van der Waals surface area contributed by atoms with Gasteiger partial charge in [0.05, 0.1) is 0 Å². The molecule has 0 aromatic carbocycles. The fraction of sp³-hybridized carbons (Fsp3) is 0.857. The minimum absolute atomic E-state index is 0.484. The van der Waals surface area contributed by atoms with E-state index in [-0.39, 0.29) is 0 Å². The first-order valence-corrected chi connectivity index (χ1v) is 5.43. The molecule has 1 atom stereocenters. The van der Waals surface area contributed by atoms with Crippen LogP contribution in [0.5, 0.6) is 0 Å². The average Bonchev–Trinajstić information content (AvgIpc) is 2.67. The van der Waals surface area contributed by atoms with Gasteiger partial charge < -0.3 is 15.5 Å². The molecule has 1 aliphatic heterocycles. The van der Waals surface area contributed by atoms with Crippen molar-refractivity contribution in [3.05, 3.63) is 0 Å². The lowest BCUT2D eigenvalue weighted by molar-refractivity contribution is 0.244. The molecule has 0 amide bonds. The predicted octanol–water partition coefficient (Wildman–Crippen LogP) is -0.751. The number of piperazine rings is 1. The molecule has 1 saturated heterocycles. The van der Waals surface area contributed by atoms with Crippen LogP contribution in [-0.4, -0.2) is 59.0 Å². The van der Waals surface area contributed by atoms with Gasteiger partial charge in [-0.1, -0.05) is 9.59 Å². The summed E-state index contributed by atoms with van der Waals surface area (Å²) in [6.45, 7) is 4.12. The van der Waals surface area contributed by atoms with Crippen molar-refractivity contribution in [1.82, 2.24) is 25.0 Å². The Morgan fingerprint density at radius 2 is 2.64 bits per heavy atom. The molecule has 0 spiro atoms. The van der Waals surface area contributed by atoms with E-state index >= 15 is 0 Å². The lowest BCUT2D eigenvalue weighted by atomic mass is 10.2. The Bertz CT molecular complexity index is 263. The van der Waals surface area contributed by atoms with Crippen LogP contribution >= 0.6 is 11.5 Å². The van der Waals surface area contributed by atoms with Gasteiger partial charge in [-0.2, -0.15) is 0 Å². The number of nitrogens with one attached hydrogen (secondary N) is 2. The highest BCUT2D eigenvalue weighted by Crippen LogP contribution is 2.05. The van der Waals surface area contributed by atoms with E-state index in [0.29, 0.717) is 6.04 Å². The number of anilines is 1. The van der Waals surface area contributed by atoms with E-state index in [1.54, 1.807) is 0 Å². The summed E-state index contributed by atoms with van der Waals surface area (Å²) in [6.07, 6.45) is 0. The normalized spacial score (nSPS) is 23.6. The van der Waals surface area contributed by atoms with E-state index in [2.05, 4.69) is 37.4 Å². The van der Waals surface area contributed by atoms with Crippen molar-refractivity contribution in [1.29, 1.82) is 0 Å². The van der Waals surface area contributed by atoms with Crippen molar-refractivity contribution in [3.8, 4) is 0 Å². The average molecular weight is 214 g/mol. The maximum Gasteiger partial charge on any atom is 0.225 e. The van der Waals surface area contributed by atoms with Crippen molar-refractivity contribution in [3.63, 3.8) is 0 Å². The minimum Gasteiger partial charge on any atom is -0.357 e. The highest BCUT2D eigenvalue weighted by Gasteiger charge is 2.16. The molecule has 78 valence electrons. The molecule has 2 heterocycles. The Morgan fingerprint density at radius 3 is 3.36 bits per heavy atom. The van der Waals surface area contributed by atoms with Gasteiger partial charge in [-0.25, -0.2) is 0 Å². The Labute approximate surface area is 86.9 Å². The lowest BCUT2D eigenvalue weighted by Gasteiger charge is -2.30. The number of hydrogen-bond donors (Lipinski definition) is 2. The molecule has 2 rings (SSSR count). The first-order chi connectivity index (χ1) is 6.84. The van der Waals surface area contributed by atoms with Crippen LogP contribution in [0.1, 0.15) is 0 Å². The molecular formula is C7H14N6S. The summed E-state index contributed by atoms with van der Waals surface area (Å²) in [5.74, 6) is 0. The van der Waals surface area contributed by atoms with Gasteiger partial charge in [0, 0.05) is 43.8 Å².